The zero-order valence-corrected chi connectivity index (χ0v) is 12.7. The van der Waals surface area contributed by atoms with Crippen LogP contribution < -0.4 is 5.32 Å². The number of carboxylic acids is 1. The molecule has 1 unspecified atom stereocenters. The van der Waals surface area contributed by atoms with Gasteiger partial charge in [0.15, 0.2) is 0 Å². The fourth-order valence-corrected chi connectivity index (χ4v) is 2.04. The Morgan fingerprint density at radius 3 is 2.89 bits per heavy atom. The lowest BCUT2D eigenvalue weighted by atomic mass is 10.1. The quantitative estimate of drug-likeness (QED) is 0.774. The summed E-state index contributed by atoms with van der Waals surface area (Å²) in [5.41, 5.74) is 0.293. The molecule has 1 atom stereocenters. The average Bonchev–Trinajstić information content (AvgIpc) is 2.31. The highest BCUT2D eigenvalue weighted by molar-refractivity contribution is 9.10. The molecule has 0 saturated heterocycles. The first-order valence-corrected chi connectivity index (χ1v) is 6.91. The molecule has 1 rings (SSSR count). The summed E-state index contributed by atoms with van der Waals surface area (Å²) in [7, 11) is 0. The fourth-order valence-electron chi connectivity index (χ4n) is 1.52. The minimum Gasteiger partial charge on any atom is -0.481 e. The van der Waals surface area contributed by atoms with Gasteiger partial charge in [0.1, 0.15) is 5.15 Å². The summed E-state index contributed by atoms with van der Waals surface area (Å²) in [4.78, 5) is 26.2. The zero-order valence-electron chi connectivity index (χ0n) is 10.3. The maximum absolute atomic E-state index is 12.0. The molecule has 0 aromatic carbocycles. The van der Waals surface area contributed by atoms with Crippen molar-refractivity contribution in [2.24, 2.45) is 0 Å². The molecule has 19 heavy (non-hydrogen) atoms. The molecule has 0 saturated carbocycles. The third-order valence-corrected chi connectivity index (χ3v) is 3.19. The van der Waals surface area contributed by atoms with Crippen molar-refractivity contribution in [1.82, 2.24) is 10.3 Å². The number of aliphatic carboxylic acids is 1. The van der Waals surface area contributed by atoms with E-state index in [4.69, 9.17) is 16.7 Å². The molecule has 0 spiro atoms. The van der Waals surface area contributed by atoms with Crippen molar-refractivity contribution < 1.29 is 14.7 Å². The number of nitrogens with one attached hydrogen (secondary N) is 1. The highest BCUT2D eigenvalue weighted by atomic mass is 79.9. The first kappa shape index (κ1) is 15.9. The van der Waals surface area contributed by atoms with Crippen molar-refractivity contribution in [3.8, 4) is 0 Å². The van der Waals surface area contributed by atoms with Crippen LogP contribution in [0.15, 0.2) is 16.7 Å². The van der Waals surface area contributed by atoms with Gasteiger partial charge in [-0.05, 0) is 41.8 Å². The van der Waals surface area contributed by atoms with Gasteiger partial charge in [-0.25, -0.2) is 4.98 Å². The van der Waals surface area contributed by atoms with Gasteiger partial charge in [-0.15, -0.1) is 0 Å². The van der Waals surface area contributed by atoms with Crippen LogP contribution in [-0.4, -0.2) is 28.0 Å². The van der Waals surface area contributed by atoms with Crippen molar-refractivity contribution in [3.05, 3.63) is 27.5 Å². The van der Waals surface area contributed by atoms with Crippen molar-refractivity contribution in [2.45, 2.75) is 32.2 Å². The predicted octanol–water partition coefficient (Wildman–Crippen LogP) is 2.87. The van der Waals surface area contributed by atoms with Gasteiger partial charge < -0.3 is 10.4 Å². The molecule has 1 aromatic rings. The van der Waals surface area contributed by atoms with E-state index in [-0.39, 0.29) is 23.5 Å². The van der Waals surface area contributed by atoms with Crippen LogP contribution in [0.1, 0.15) is 36.5 Å². The van der Waals surface area contributed by atoms with E-state index in [1.807, 2.05) is 6.92 Å². The largest absolute Gasteiger partial charge is 0.481 e. The molecule has 0 aliphatic carbocycles. The van der Waals surface area contributed by atoms with Crippen LogP contribution >= 0.6 is 27.5 Å². The molecule has 7 heteroatoms. The Kier molecular flexibility index (Phi) is 6.24. The second kappa shape index (κ2) is 7.45. The van der Waals surface area contributed by atoms with Gasteiger partial charge in [-0.3, -0.25) is 9.59 Å². The number of nitrogens with zero attached hydrogens (tertiary/aromatic N) is 1. The van der Waals surface area contributed by atoms with Gasteiger partial charge in [0, 0.05) is 23.1 Å². The Labute approximate surface area is 124 Å². The molecule has 0 aliphatic heterocycles. The number of carboxylic acid groups (broad SMARTS) is 1. The number of hydrogen-bond acceptors (Lipinski definition) is 3. The molecule has 5 nitrogen and oxygen atoms in total. The molecule has 0 radical (unpaired) electrons. The summed E-state index contributed by atoms with van der Waals surface area (Å²) in [5, 5.41) is 11.4. The number of pyridine rings is 1. The number of hydrogen-bond donors (Lipinski definition) is 2. The predicted molar refractivity (Wildman–Crippen MR) is 75.4 cm³/mol. The smallest absolute Gasteiger partial charge is 0.303 e. The number of rotatable bonds is 6. The van der Waals surface area contributed by atoms with E-state index in [0.29, 0.717) is 22.9 Å². The van der Waals surface area contributed by atoms with Crippen LogP contribution in [0, 0.1) is 0 Å². The Hall–Kier alpha value is -1.14. The average molecular weight is 350 g/mol. The Morgan fingerprint density at radius 1 is 1.58 bits per heavy atom. The number of amides is 1. The van der Waals surface area contributed by atoms with Gasteiger partial charge in [-0.1, -0.05) is 11.6 Å². The van der Waals surface area contributed by atoms with Gasteiger partial charge in [-0.2, -0.15) is 0 Å². The molecular formula is C12H14BrClN2O3. The molecule has 2 N–H and O–H groups in total. The lowest BCUT2D eigenvalue weighted by Gasteiger charge is -2.13. The van der Waals surface area contributed by atoms with Crippen molar-refractivity contribution >= 4 is 39.4 Å². The van der Waals surface area contributed by atoms with Gasteiger partial charge >= 0.3 is 5.97 Å². The second-order valence-corrected chi connectivity index (χ2v) is 5.43. The number of carbonyl (C=O) groups excluding carboxylic acids is 1. The molecule has 1 amide bonds. The van der Waals surface area contributed by atoms with E-state index < -0.39 is 5.97 Å². The monoisotopic (exact) mass is 348 g/mol. The van der Waals surface area contributed by atoms with Crippen LogP contribution in [0.25, 0.3) is 0 Å². The van der Waals surface area contributed by atoms with Crippen LogP contribution in [0.5, 0.6) is 0 Å². The first-order chi connectivity index (χ1) is 8.90. The third kappa shape index (κ3) is 5.57. The first-order valence-electron chi connectivity index (χ1n) is 5.74. The van der Waals surface area contributed by atoms with E-state index in [9.17, 15) is 9.59 Å². The van der Waals surface area contributed by atoms with E-state index in [2.05, 4.69) is 26.2 Å². The Morgan fingerprint density at radius 2 is 2.26 bits per heavy atom. The lowest BCUT2D eigenvalue weighted by Crippen LogP contribution is -2.32. The van der Waals surface area contributed by atoms with Crippen molar-refractivity contribution in [1.29, 1.82) is 0 Å². The Bertz CT molecular complexity index is 482. The van der Waals surface area contributed by atoms with Gasteiger partial charge in [0.2, 0.25) is 0 Å². The minimum atomic E-state index is -0.835. The molecule has 104 valence electrons. The topological polar surface area (TPSA) is 79.3 Å². The fraction of sp³-hybridized carbons (Fsp3) is 0.417. The number of halogens is 2. The third-order valence-electron chi connectivity index (χ3n) is 2.46. The van der Waals surface area contributed by atoms with Crippen molar-refractivity contribution in [2.75, 3.05) is 0 Å². The summed E-state index contributed by atoms with van der Waals surface area (Å²) in [6.45, 7) is 1.82. The summed E-state index contributed by atoms with van der Waals surface area (Å²) in [6.07, 6.45) is 2.72. The van der Waals surface area contributed by atoms with Gasteiger partial charge in [0.05, 0.1) is 5.56 Å². The summed E-state index contributed by atoms with van der Waals surface area (Å²) < 4.78 is 0.667. The molecule has 1 aromatic heterocycles. The second-order valence-electron chi connectivity index (χ2n) is 4.15. The minimum absolute atomic E-state index is 0.0966. The molecule has 0 fully saturated rings. The van der Waals surface area contributed by atoms with Crippen LogP contribution in [0.4, 0.5) is 0 Å². The Balaban J connectivity index is 2.54. The SMILES string of the molecule is CC(CCCC(=O)O)NC(=O)c1cc(Br)cnc1Cl. The lowest BCUT2D eigenvalue weighted by molar-refractivity contribution is -0.137. The zero-order chi connectivity index (χ0) is 14.4. The standard InChI is InChI=1S/C12H14BrClN2O3/c1-7(3-2-4-10(17)18)16-12(19)9-5-8(13)6-15-11(9)14/h5-7H,2-4H2,1H3,(H,16,19)(H,17,18). The van der Waals surface area contributed by atoms with Gasteiger partial charge in [0.25, 0.3) is 5.91 Å². The summed E-state index contributed by atoms with van der Waals surface area (Å²) in [5.74, 6) is -1.15. The van der Waals surface area contributed by atoms with Crippen molar-refractivity contribution in [3.63, 3.8) is 0 Å². The molecular weight excluding hydrogens is 336 g/mol. The number of carbonyl (C=O) groups is 2. The summed E-state index contributed by atoms with van der Waals surface area (Å²) >= 11 is 9.07. The highest BCUT2D eigenvalue weighted by Gasteiger charge is 2.14. The normalized spacial score (nSPS) is 11.9. The van der Waals surface area contributed by atoms with E-state index in [1.165, 1.54) is 6.20 Å². The summed E-state index contributed by atoms with van der Waals surface area (Å²) in [6, 6.07) is 1.47. The van der Waals surface area contributed by atoms with E-state index in [1.54, 1.807) is 6.07 Å². The highest BCUT2D eigenvalue weighted by Crippen LogP contribution is 2.18. The van der Waals surface area contributed by atoms with E-state index in [0.717, 1.165) is 0 Å². The van der Waals surface area contributed by atoms with Crippen LogP contribution in [0.2, 0.25) is 5.15 Å². The van der Waals surface area contributed by atoms with Crippen LogP contribution in [0.3, 0.4) is 0 Å². The van der Waals surface area contributed by atoms with Crippen LogP contribution in [-0.2, 0) is 4.79 Å². The number of aromatic nitrogens is 1. The molecule has 1 heterocycles. The maximum Gasteiger partial charge on any atom is 0.303 e. The molecule has 0 bridgehead atoms. The van der Waals surface area contributed by atoms with E-state index >= 15 is 0 Å². The maximum atomic E-state index is 12.0. The molecule has 0 aliphatic rings.